The predicted octanol–water partition coefficient (Wildman–Crippen LogP) is 4.99. The molecule has 28 heavy (non-hydrogen) atoms. The number of carbonyl (C=O) groups is 1. The number of amides is 1. The van der Waals surface area contributed by atoms with Crippen LogP contribution in [0.5, 0.6) is 0 Å². The lowest BCUT2D eigenvalue weighted by atomic mass is 10.0. The predicted molar refractivity (Wildman–Crippen MR) is 112 cm³/mol. The molecule has 0 bridgehead atoms. The summed E-state index contributed by atoms with van der Waals surface area (Å²) in [5, 5.41) is 10.2. The molecule has 4 aromatic rings. The average Bonchev–Trinajstić information content (AvgIpc) is 3.26. The zero-order valence-corrected chi connectivity index (χ0v) is 16.0. The average molecular weight is 367 g/mol. The van der Waals surface area contributed by atoms with Crippen molar-refractivity contribution in [2.75, 3.05) is 5.32 Å². The number of benzene rings is 3. The summed E-state index contributed by atoms with van der Waals surface area (Å²) in [7, 11) is 0. The number of anilines is 1. The number of hydrogen-bond acceptors (Lipinski definition) is 2. The van der Waals surface area contributed by atoms with Gasteiger partial charge >= 0.3 is 0 Å². The minimum absolute atomic E-state index is 0.115. The molecule has 4 nitrogen and oxygen atoms in total. The van der Waals surface area contributed by atoms with Crippen LogP contribution >= 0.6 is 0 Å². The highest BCUT2D eigenvalue weighted by Crippen LogP contribution is 2.35. The van der Waals surface area contributed by atoms with E-state index in [2.05, 4.69) is 34.7 Å². The molecule has 1 aliphatic carbocycles. The lowest BCUT2D eigenvalue weighted by Gasteiger charge is -2.11. The highest BCUT2D eigenvalue weighted by atomic mass is 16.1. The van der Waals surface area contributed by atoms with E-state index in [1.54, 1.807) is 0 Å². The minimum atomic E-state index is -0.115. The number of para-hydroxylation sites is 1. The molecule has 3 aromatic carbocycles. The van der Waals surface area contributed by atoms with Gasteiger partial charge in [-0.05, 0) is 61.4 Å². The number of carbonyl (C=O) groups excluding carboxylic acids is 1. The molecule has 0 unspecified atom stereocenters. The number of hydrogen-bond donors (Lipinski definition) is 1. The fourth-order valence-corrected chi connectivity index (χ4v) is 4.33. The molecule has 0 aliphatic heterocycles. The normalized spacial score (nSPS) is 12.5. The first-order chi connectivity index (χ1) is 13.6. The van der Waals surface area contributed by atoms with E-state index < -0.39 is 0 Å². The fraction of sp³-hybridized carbons (Fsp3) is 0.167. The number of nitrogens with one attached hydrogen (secondary N) is 1. The zero-order chi connectivity index (χ0) is 19.3. The van der Waals surface area contributed by atoms with Crippen molar-refractivity contribution in [1.29, 1.82) is 0 Å². The van der Waals surface area contributed by atoms with E-state index in [4.69, 9.17) is 0 Å². The molecule has 0 atom stereocenters. The highest BCUT2D eigenvalue weighted by Gasteiger charge is 2.21. The van der Waals surface area contributed by atoms with Crippen LogP contribution in [0.1, 0.15) is 32.9 Å². The summed E-state index contributed by atoms with van der Waals surface area (Å²) < 4.78 is 1.83. The fourth-order valence-electron chi connectivity index (χ4n) is 4.33. The third-order valence-corrected chi connectivity index (χ3v) is 5.64. The van der Waals surface area contributed by atoms with E-state index in [-0.39, 0.29) is 5.91 Å². The van der Waals surface area contributed by atoms with Crippen molar-refractivity contribution in [2.24, 2.45) is 0 Å². The Morgan fingerprint density at radius 1 is 0.929 bits per heavy atom. The van der Waals surface area contributed by atoms with Crippen LogP contribution < -0.4 is 5.32 Å². The first-order valence-electron chi connectivity index (χ1n) is 9.60. The van der Waals surface area contributed by atoms with Crippen LogP contribution in [-0.4, -0.2) is 15.7 Å². The maximum Gasteiger partial charge on any atom is 0.259 e. The van der Waals surface area contributed by atoms with Gasteiger partial charge in [-0.25, -0.2) is 4.68 Å². The zero-order valence-electron chi connectivity index (χ0n) is 16.0. The Morgan fingerprint density at radius 3 is 2.46 bits per heavy atom. The number of aryl methyl sites for hydroxylation is 3. The molecular weight excluding hydrogens is 346 g/mol. The van der Waals surface area contributed by atoms with Crippen molar-refractivity contribution >= 4 is 22.4 Å². The summed E-state index contributed by atoms with van der Waals surface area (Å²) in [5.74, 6) is -0.115. The smallest absolute Gasteiger partial charge is 0.259 e. The molecule has 4 heteroatoms. The summed E-state index contributed by atoms with van der Waals surface area (Å²) in [6.45, 7) is 3.82. The Labute approximate surface area is 163 Å². The van der Waals surface area contributed by atoms with E-state index in [1.807, 2.05) is 54.9 Å². The van der Waals surface area contributed by atoms with Crippen LogP contribution in [0, 0.1) is 13.8 Å². The summed E-state index contributed by atoms with van der Waals surface area (Å²) in [6.07, 6.45) is 2.15. The molecule has 1 amide bonds. The topological polar surface area (TPSA) is 46.9 Å². The van der Waals surface area contributed by atoms with Gasteiger partial charge in [0.2, 0.25) is 0 Å². The van der Waals surface area contributed by atoms with Gasteiger partial charge in [0, 0.05) is 11.1 Å². The highest BCUT2D eigenvalue weighted by molar-refractivity contribution is 6.11. The molecule has 5 rings (SSSR count). The van der Waals surface area contributed by atoms with Gasteiger partial charge in [-0.2, -0.15) is 5.10 Å². The first-order valence-corrected chi connectivity index (χ1v) is 9.60. The van der Waals surface area contributed by atoms with Gasteiger partial charge in [0.1, 0.15) is 0 Å². The number of nitrogens with zero attached hydrogens (tertiary/aromatic N) is 2. The Morgan fingerprint density at radius 2 is 1.68 bits per heavy atom. The molecule has 1 heterocycles. The first kappa shape index (κ1) is 16.8. The molecular formula is C24H21N3O. The Balaban J connectivity index is 1.54. The van der Waals surface area contributed by atoms with Crippen molar-refractivity contribution in [3.8, 4) is 5.69 Å². The third-order valence-electron chi connectivity index (χ3n) is 5.64. The lowest BCUT2D eigenvalue weighted by molar-refractivity contribution is 0.102. The van der Waals surface area contributed by atoms with Crippen molar-refractivity contribution in [2.45, 2.75) is 26.7 Å². The van der Waals surface area contributed by atoms with E-state index >= 15 is 0 Å². The van der Waals surface area contributed by atoms with Crippen molar-refractivity contribution in [1.82, 2.24) is 9.78 Å². The van der Waals surface area contributed by atoms with Crippen LogP contribution in [0.2, 0.25) is 0 Å². The Bertz CT molecular complexity index is 1210. The largest absolute Gasteiger partial charge is 0.321 e. The van der Waals surface area contributed by atoms with E-state index in [0.29, 0.717) is 5.56 Å². The van der Waals surface area contributed by atoms with Gasteiger partial charge in [0.05, 0.1) is 22.6 Å². The van der Waals surface area contributed by atoms with Gasteiger partial charge in [-0.15, -0.1) is 0 Å². The van der Waals surface area contributed by atoms with Gasteiger partial charge in [0.25, 0.3) is 5.91 Å². The SMILES string of the molecule is Cc1nn(-c2ccccc2)c(C)c1C(=O)Nc1ccc2c3c(cccc13)CC2. The molecule has 0 fully saturated rings. The van der Waals surface area contributed by atoms with E-state index in [0.717, 1.165) is 41.0 Å². The molecule has 0 saturated heterocycles. The van der Waals surface area contributed by atoms with Gasteiger partial charge in [0.15, 0.2) is 0 Å². The Hall–Kier alpha value is -3.40. The molecule has 138 valence electrons. The molecule has 1 aliphatic rings. The van der Waals surface area contributed by atoms with Crippen LogP contribution in [0.3, 0.4) is 0 Å². The van der Waals surface area contributed by atoms with Crippen molar-refractivity contribution in [3.63, 3.8) is 0 Å². The molecule has 0 spiro atoms. The second-order valence-corrected chi connectivity index (χ2v) is 7.36. The molecule has 1 aromatic heterocycles. The molecule has 0 radical (unpaired) electrons. The van der Waals surface area contributed by atoms with Gasteiger partial charge in [-0.3, -0.25) is 4.79 Å². The monoisotopic (exact) mass is 367 g/mol. The quantitative estimate of drug-likeness (QED) is 0.554. The maximum absolute atomic E-state index is 13.2. The second-order valence-electron chi connectivity index (χ2n) is 7.36. The minimum Gasteiger partial charge on any atom is -0.321 e. The third kappa shape index (κ3) is 2.53. The number of rotatable bonds is 3. The Kier molecular flexibility index (Phi) is 3.79. The standard InChI is InChI=1S/C24H21N3O/c1-15-22(16(2)27(26-15)19-8-4-3-5-9-19)24(28)25-21-14-13-18-12-11-17-7-6-10-20(21)23(17)18/h3-10,13-14H,11-12H2,1-2H3,(H,25,28). The van der Waals surface area contributed by atoms with E-state index in [1.165, 1.54) is 16.5 Å². The van der Waals surface area contributed by atoms with Crippen LogP contribution in [-0.2, 0) is 12.8 Å². The maximum atomic E-state index is 13.2. The van der Waals surface area contributed by atoms with Crippen molar-refractivity contribution in [3.05, 3.63) is 88.7 Å². The van der Waals surface area contributed by atoms with Crippen LogP contribution in [0.15, 0.2) is 60.7 Å². The summed E-state index contributed by atoms with van der Waals surface area (Å²) in [4.78, 5) is 13.2. The second kappa shape index (κ2) is 6.34. The van der Waals surface area contributed by atoms with Crippen molar-refractivity contribution < 1.29 is 4.79 Å². The summed E-state index contributed by atoms with van der Waals surface area (Å²) in [6, 6.07) is 20.4. The molecule has 0 saturated carbocycles. The summed E-state index contributed by atoms with van der Waals surface area (Å²) in [5.41, 5.74) is 6.75. The van der Waals surface area contributed by atoms with Gasteiger partial charge in [-0.1, -0.05) is 42.5 Å². The van der Waals surface area contributed by atoms with E-state index in [9.17, 15) is 4.79 Å². The lowest BCUT2D eigenvalue weighted by Crippen LogP contribution is -2.14. The number of aromatic nitrogens is 2. The van der Waals surface area contributed by atoms with Crippen LogP contribution in [0.4, 0.5) is 5.69 Å². The summed E-state index contributed by atoms with van der Waals surface area (Å²) >= 11 is 0. The molecule has 1 N–H and O–H groups in total. The van der Waals surface area contributed by atoms with Gasteiger partial charge < -0.3 is 5.32 Å². The van der Waals surface area contributed by atoms with Crippen LogP contribution in [0.25, 0.3) is 16.5 Å².